The van der Waals surface area contributed by atoms with Crippen molar-refractivity contribution in [2.75, 3.05) is 24.6 Å². The number of rotatable bonds is 9. The summed E-state index contributed by atoms with van der Waals surface area (Å²) in [7, 11) is 0. The van der Waals surface area contributed by atoms with Crippen LogP contribution < -0.4 is 15.4 Å². The van der Waals surface area contributed by atoms with Crippen LogP contribution in [0.4, 0.5) is 10.1 Å². The van der Waals surface area contributed by atoms with E-state index in [4.69, 9.17) is 19.9 Å². The van der Waals surface area contributed by atoms with E-state index in [1.54, 1.807) is 19.1 Å². The molecule has 3 aromatic rings. The van der Waals surface area contributed by atoms with E-state index in [2.05, 4.69) is 17.0 Å². The van der Waals surface area contributed by atoms with Gasteiger partial charge in [0.05, 0.1) is 12.2 Å². The molecule has 6 nitrogen and oxygen atoms in total. The van der Waals surface area contributed by atoms with E-state index in [0.29, 0.717) is 23.3 Å². The number of nitrogens with zero attached hydrogens (tertiary/aromatic N) is 1. The van der Waals surface area contributed by atoms with Gasteiger partial charge in [0.1, 0.15) is 24.8 Å². The number of carbonyl (C=O) groups excluding carboxylic acids is 1. The van der Waals surface area contributed by atoms with E-state index >= 15 is 4.39 Å². The van der Waals surface area contributed by atoms with Crippen LogP contribution in [0.5, 0.6) is 5.75 Å². The highest BCUT2D eigenvalue weighted by molar-refractivity contribution is 5.71. The highest BCUT2D eigenvalue weighted by Gasteiger charge is 2.41. The molecule has 37 heavy (non-hydrogen) atoms. The summed E-state index contributed by atoms with van der Waals surface area (Å²) < 4.78 is 32.5. The average molecular weight is 505 g/mol. The van der Waals surface area contributed by atoms with Gasteiger partial charge in [-0.25, -0.2) is 4.39 Å². The molecule has 0 bridgehead atoms. The van der Waals surface area contributed by atoms with Crippen molar-refractivity contribution in [2.45, 2.75) is 51.0 Å². The van der Waals surface area contributed by atoms with Crippen molar-refractivity contribution in [3.8, 4) is 16.9 Å². The molecule has 1 unspecified atom stereocenters. The largest absolute Gasteiger partial charge is 0.488 e. The first kappa shape index (κ1) is 25.2. The monoisotopic (exact) mass is 504 g/mol. The first-order valence-corrected chi connectivity index (χ1v) is 12.8. The van der Waals surface area contributed by atoms with Gasteiger partial charge in [-0.05, 0) is 61.6 Å². The summed E-state index contributed by atoms with van der Waals surface area (Å²) in [5.74, 6) is 0.349. The molecule has 2 heterocycles. The van der Waals surface area contributed by atoms with Gasteiger partial charge in [0, 0.05) is 41.5 Å². The van der Waals surface area contributed by atoms with Crippen LogP contribution >= 0.6 is 0 Å². The van der Waals surface area contributed by atoms with Crippen molar-refractivity contribution in [3.05, 3.63) is 83.2 Å². The van der Waals surface area contributed by atoms with Crippen molar-refractivity contribution < 1.29 is 23.4 Å². The second-order valence-corrected chi connectivity index (χ2v) is 9.96. The van der Waals surface area contributed by atoms with E-state index in [1.165, 1.54) is 0 Å². The van der Waals surface area contributed by atoms with Gasteiger partial charge in [-0.15, -0.1) is 0 Å². The predicted molar refractivity (Wildman–Crippen MR) is 141 cm³/mol. The SMILES string of the molecule is CC(N)c1cccc(-c2cc(COc3ccccc3COC=O)cc(N3CCC4(CCO4)CC3)c2)c1F. The summed E-state index contributed by atoms with van der Waals surface area (Å²) in [5, 5.41) is 0. The third-order valence-corrected chi connectivity index (χ3v) is 7.49. The molecule has 0 aromatic heterocycles. The summed E-state index contributed by atoms with van der Waals surface area (Å²) in [6.07, 6.45) is 3.10. The van der Waals surface area contributed by atoms with Crippen molar-refractivity contribution >= 4 is 12.2 Å². The fourth-order valence-corrected chi connectivity index (χ4v) is 5.23. The fourth-order valence-electron chi connectivity index (χ4n) is 5.23. The third-order valence-electron chi connectivity index (χ3n) is 7.49. The van der Waals surface area contributed by atoms with Crippen LogP contribution in [0.1, 0.15) is 48.9 Å². The maximum atomic E-state index is 15.5. The van der Waals surface area contributed by atoms with Crippen molar-refractivity contribution in [1.29, 1.82) is 0 Å². The van der Waals surface area contributed by atoms with Gasteiger partial charge < -0.3 is 24.8 Å². The first-order valence-electron chi connectivity index (χ1n) is 12.8. The predicted octanol–water partition coefficient (Wildman–Crippen LogP) is 5.52. The molecule has 3 aromatic carbocycles. The van der Waals surface area contributed by atoms with Gasteiger partial charge in [-0.2, -0.15) is 0 Å². The minimum absolute atomic E-state index is 0.0467. The van der Waals surface area contributed by atoms with Crippen LogP contribution in [0, 0.1) is 5.82 Å². The number of ether oxygens (including phenoxy) is 3. The Labute approximate surface area is 217 Å². The Morgan fingerprint density at radius 2 is 1.86 bits per heavy atom. The number of benzene rings is 3. The molecule has 0 amide bonds. The summed E-state index contributed by atoms with van der Waals surface area (Å²) in [4.78, 5) is 13.0. The molecule has 0 aliphatic carbocycles. The fraction of sp³-hybridized carbons (Fsp3) is 0.367. The smallest absolute Gasteiger partial charge is 0.293 e. The molecule has 2 N–H and O–H groups in total. The number of anilines is 1. The Morgan fingerprint density at radius 3 is 2.57 bits per heavy atom. The van der Waals surface area contributed by atoms with Crippen LogP contribution in [-0.2, 0) is 27.5 Å². The van der Waals surface area contributed by atoms with Crippen LogP contribution in [0.3, 0.4) is 0 Å². The van der Waals surface area contributed by atoms with Gasteiger partial charge in [0.25, 0.3) is 6.47 Å². The van der Waals surface area contributed by atoms with E-state index < -0.39 is 6.04 Å². The number of nitrogens with two attached hydrogens (primary N) is 1. The highest BCUT2D eigenvalue weighted by atomic mass is 19.1. The second-order valence-electron chi connectivity index (χ2n) is 9.96. The number of hydrogen-bond acceptors (Lipinski definition) is 6. The first-order chi connectivity index (χ1) is 18.0. The lowest BCUT2D eigenvalue weighted by Gasteiger charge is -2.48. The number of halogens is 1. The van der Waals surface area contributed by atoms with Crippen LogP contribution in [0.25, 0.3) is 11.1 Å². The molecule has 2 fully saturated rings. The number of carbonyl (C=O) groups is 1. The Kier molecular flexibility index (Phi) is 7.44. The normalized spacial score (nSPS) is 17.2. The summed E-state index contributed by atoms with van der Waals surface area (Å²) in [6.45, 7) is 5.26. The Hall–Kier alpha value is -3.42. The Balaban J connectivity index is 1.46. The number of hydrogen-bond donors (Lipinski definition) is 1. The molecule has 2 aliphatic rings. The van der Waals surface area contributed by atoms with Gasteiger partial charge in [-0.1, -0.05) is 36.4 Å². The van der Waals surface area contributed by atoms with Crippen LogP contribution in [0.15, 0.2) is 60.7 Å². The van der Waals surface area contributed by atoms with Crippen molar-refractivity contribution in [2.24, 2.45) is 5.73 Å². The average Bonchev–Trinajstić information content (AvgIpc) is 2.90. The zero-order chi connectivity index (χ0) is 25.8. The van der Waals surface area contributed by atoms with Crippen molar-refractivity contribution in [3.63, 3.8) is 0 Å². The highest BCUT2D eigenvalue weighted by Crippen LogP contribution is 2.39. The van der Waals surface area contributed by atoms with Crippen LogP contribution in [0.2, 0.25) is 0 Å². The van der Waals surface area contributed by atoms with Gasteiger partial charge >= 0.3 is 0 Å². The van der Waals surface area contributed by atoms with Gasteiger partial charge in [-0.3, -0.25) is 4.79 Å². The van der Waals surface area contributed by atoms with Crippen LogP contribution in [-0.4, -0.2) is 31.8 Å². The lowest BCUT2D eigenvalue weighted by molar-refractivity contribution is -0.158. The lowest BCUT2D eigenvalue weighted by Crippen LogP contribution is -2.52. The quantitative estimate of drug-likeness (QED) is 0.387. The molecule has 194 valence electrons. The van der Waals surface area contributed by atoms with E-state index in [9.17, 15) is 4.79 Å². The molecular weight excluding hydrogens is 471 g/mol. The molecule has 2 saturated heterocycles. The van der Waals surface area contributed by atoms with E-state index in [0.717, 1.165) is 61.3 Å². The topological polar surface area (TPSA) is 74.0 Å². The van der Waals surface area contributed by atoms with E-state index in [1.807, 2.05) is 36.4 Å². The molecule has 1 spiro atoms. The molecule has 7 heteroatoms. The maximum Gasteiger partial charge on any atom is 0.293 e. The third kappa shape index (κ3) is 5.48. The Bertz CT molecular complexity index is 1250. The number of para-hydroxylation sites is 1. The molecule has 0 radical (unpaired) electrons. The number of piperidine rings is 1. The Morgan fingerprint density at radius 1 is 1.08 bits per heavy atom. The second kappa shape index (κ2) is 10.9. The van der Waals surface area contributed by atoms with Gasteiger partial charge in [0.2, 0.25) is 0 Å². The van der Waals surface area contributed by atoms with E-state index in [-0.39, 0.29) is 24.6 Å². The van der Waals surface area contributed by atoms with Crippen molar-refractivity contribution in [1.82, 2.24) is 0 Å². The van der Waals surface area contributed by atoms with Gasteiger partial charge in [0.15, 0.2) is 0 Å². The molecule has 1 atom stereocenters. The lowest BCUT2D eigenvalue weighted by atomic mass is 9.84. The minimum Gasteiger partial charge on any atom is -0.488 e. The molecule has 0 saturated carbocycles. The minimum atomic E-state index is -0.406. The molecule has 5 rings (SSSR count). The zero-order valence-corrected chi connectivity index (χ0v) is 21.1. The molecular formula is C30H33FN2O4. The zero-order valence-electron chi connectivity index (χ0n) is 21.1. The summed E-state index contributed by atoms with van der Waals surface area (Å²) in [6, 6.07) is 18.6. The summed E-state index contributed by atoms with van der Waals surface area (Å²) >= 11 is 0. The molecule has 2 aliphatic heterocycles. The maximum absolute atomic E-state index is 15.5. The summed E-state index contributed by atoms with van der Waals surface area (Å²) in [5.41, 5.74) is 10.6. The standard InChI is InChI=1S/C30H33FN2O4/c1-21(32)26-6-4-7-27(29(26)31)24-15-22(18-36-28-8-3-2-5-23(28)19-35-20-34)16-25(17-24)33-12-9-30(10-13-33)11-14-37-30/h2-8,15-17,20-21H,9-14,18-19,32H2,1H3.